The van der Waals surface area contributed by atoms with E-state index in [0.29, 0.717) is 24.7 Å². The lowest BCUT2D eigenvalue weighted by molar-refractivity contribution is -0.136. The van der Waals surface area contributed by atoms with Crippen LogP contribution in [0.25, 0.3) is 22.5 Å². The van der Waals surface area contributed by atoms with E-state index in [4.69, 9.17) is 28.9 Å². The van der Waals surface area contributed by atoms with E-state index in [-0.39, 0.29) is 65.4 Å². The number of anilines is 1. The summed E-state index contributed by atoms with van der Waals surface area (Å²) < 4.78 is 22.5. The number of hydrogen-bond donors (Lipinski definition) is 4. The van der Waals surface area contributed by atoms with Gasteiger partial charge in [-0.15, -0.1) is 0 Å². The summed E-state index contributed by atoms with van der Waals surface area (Å²) in [6.07, 6.45) is 4.80. The highest BCUT2D eigenvalue weighted by Gasteiger charge is 2.51. The summed E-state index contributed by atoms with van der Waals surface area (Å²) in [5, 5.41) is 5.45. The maximum absolute atomic E-state index is 13.8. The monoisotopic (exact) mass is 1000 g/mol. The fourth-order valence-electron chi connectivity index (χ4n) is 10.9. The number of aromatic nitrogens is 4. The molecule has 0 unspecified atom stereocenters. The highest BCUT2D eigenvalue weighted by Crippen LogP contribution is 2.50. The molecule has 3 aliphatic rings. The number of alkyl carbamates (subject to hydrolysis) is 2. The second-order valence-electron chi connectivity index (χ2n) is 21.2. The van der Waals surface area contributed by atoms with Crippen LogP contribution in [0.2, 0.25) is 0 Å². The molecule has 3 aromatic carbocycles. The van der Waals surface area contributed by atoms with Crippen molar-refractivity contribution in [2.24, 2.45) is 11.8 Å². The Balaban J connectivity index is 1.07. The van der Waals surface area contributed by atoms with Crippen molar-refractivity contribution in [2.75, 3.05) is 46.4 Å². The van der Waals surface area contributed by atoms with Crippen LogP contribution >= 0.6 is 0 Å². The molecular formula is C56H73N9O8. The lowest BCUT2D eigenvalue weighted by Crippen LogP contribution is -2.51. The van der Waals surface area contributed by atoms with Crippen molar-refractivity contribution < 1.29 is 38.1 Å². The third-order valence-electron chi connectivity index (χ3n) is 14.9. The van der Waals surface area contributed by atoms with Gasteiger partial charge in [0.25, 0.3) is 0 Å². The zero-order valence-electron chi connectivity index (χ0n) is 44.1. The van der Waals surface area contributed by atoms with Crippen LogP contribution in [0.1, 0.15) is 127 Å². The number of methoxy groups -OCH3 is 4. The zero-order chi connectivity index (χ0) is 52.3. The Bertz CT molecular complexity index is 2540. The number of hydrogen-bond acceptors (Lipinski definition) is 11. The average molecular weight is 1000 g/mol. The lowest BCUT2D eigenvalue weighted by atomic mass is 9.87. The van der Waals surface area contributed by atoms with Crippen LogP contribution < -0.4 is 15.5 Å². The molecule has 0 spiro atoms. The molecule has 0 aliphatic carbocycles. The van der Waals surface area contributed by atoms with Crippen LogP contribution in [0.5, 0.6) is 0 Å². The number of nitrogens with one attached hydrogen (secondary N) is 4. The van der Waals surface area contributed by atoms with Crippen LogP contribution in [0.15, 0.2) is 85.2 Å². The smallest absolute Gasteiger partial charge is 0.407 e. The zero-order valence-corrected chi connectivity index (χ0v) is 44.1. The molecule has 3 saturated heterocycles. The number of amides is 4. The van der Waals surface area contributed by atoms with E-state index in [9.17, 15) is 19.2 Å². The number of H-pyrrole nitrogens is 2. The number of rotatable bonds is 15. The van der Waals surface area contributed by atoms with Crippen LogP contribution in [-0.4, -0.2) is 120 Å². The fourth-order valence-corrected chi connectivity index (χ4v) is 10.9. The molecule has 5 heterocycles. The fraction of sp³-hybridized carbons (Fsp3) is 0.500. The van der Waals surface area contributed by atoms with E-state index in [0.717, 1.165) is 65.0 Å². The van der Waals surface area contributed by atoms with E-state index >= 15 is 0 Å². The Hall–Kier alpha value is -6.72. The first-order valence-electron chi connectivity index (χ1n) is 25.5. The summed E-state index contributed by atoms with van der Waals surface area (Å²) in [6.45, 7) is 15.4. The third kappa shape index (κ3) is 10.8. The second-order valence-corrected chi connectivity index (χ2v) is 21.2. The number of imidazole rings is 2. The topological polar surface area (TPSA) is 196 Å². The SMILES string of the molecule is COC(=O)N[C@H](C(=O)N1CCC[C@H]1c1ncc(-c2ccc([C@H]3[C@@H](OC)[C@H](OC)[C@H](c4ccc(-c5cnc([C@@H]6CCCN6C(=O)[C@@H](NC(=O)OC)C(C)C)[nH]5)cc4)N3c3ccc(C(C)(C)C)cc3)cc2)[nH]1)C(C)C. The van der Waals surface area contributed by atoms with Gasteiger partial charge in [-0.3, -0.25) is 9.59 Å². The van der Waals surface area contributed by atoms with Crippen LogP contribution in [0.3, 0.4) is 0 Å². The van der Waals surface area contributed by atoms with Crippen molar-refractivity contribution in [3.63, 3.8) is 0 Å². The number of ether oxygens (including phenoxy) is 4. The van der Waals surface area contributed by atoms with Gasteiger partial charge in [-0.2, -0.15) is 0 Å². The molecule has 3 aliphatic heterocycles. The molecule has 8 rings (SSSR count). The largest absolute Gasteiger partial charge is 0.453 e. The van der Waals surface area contributed by atoms with Crippen molar-refractivity contribution in [1.29, 1.82) is 0 Å². The minimum absolute atomic E-state index is 0.0369. The average Bonchev–Trinajstić information content (AvgIpc) is 4.26. The summed E-state index contributed by atoms with van der Waals surface area (Å²) in [7, 11) is 6.08. The molecule has 4 N–H and O–H groups in total. The summed E-state index contributed by atoms with van der Waals surface area (Å²) >= 11 is 0. The molecule has 5 aromatic rings. The highest BCUT2D eigenvalue weighted by atomic mass is 16.5. The number of likely N-dealkylation sites (tertiary alicyclic amines) is 2. The molecule has 0 saturated carbocycles. The van der Waals surface area contributed by atoms with Gasteiger partial charge in [-0.1, -0.05) is 109 Å². The molecule has 8 atom stereocenters. The van der Waals surface area contributed by atoms with E-state index in [1.807, 2.05) is 49.9 Å². The van der Waals surface area contributed by atoms with Crippen LogP contribution in [0, 0.1) is 11.8 Å². The van der Waals surface area contributed by atoms with Gasteiger partial charge in [0.2, 0.25) is 11.8 Å². The summed E-state index contributed by atoms with van der Waals surface area (Å²) in [5.74, 6) is 0.831. The van der Waals surface area contributed by atoms with Crippen LogP contribution in [-0.2, 0) is 34.0 Å². The van der Waals surface area contributed by atoms with Gasteiger partial charge in [-0.05, 0) is 82.9 Å². The van der Waals surface area contributed by atoms with E-state index in [1.165, 1.54) is 19.8 Å². The molecule has 3 fully saturated rings. The maximum Gasteiger partial charge on any atom is 0.407 e. The minimum Gasteiger partial charge on any atom is -0.453 e. The van der Waals surface area contributed by atoms with Gasteiger partial charge in [0.05, 0.1) is 62.2 Å². The summed E-state index contributed by atoms with van der Waals surface area (Å²) in [4.78, 5) is 74.6. The normalized spacial score (nSPS) is 22.0. The minimum atomic E-state index is -0.719. The number of nitrogens with zero attached hydrogens (tertiary/aromatic N) is 5. The van der Waals surface area contributed by atoms with Crippen LogP contribution in [0.4, 0.5) is 15.3 Å². The van der Waals surface area contributed by atoms with Gasteiger partial charge in [0.15, 0.2) is 0 Å². The first-order valence-corrected chi connectivity index (χ1v) is 25.5. The molecule has 17 heteroatoms. The number of carbonyl (C=O) groups is 4. The molecule has 2 aromatic heterocycles. The van der Waals surface area contributed by atoms with Crippen molar-refractivity contribution >= 4 is 29.7 Å². The number of carbonyl (C=O) groups excluding carboxylic acids is 4. The standard InChI is InChI=1S/C56H73N9O8/c1-32(2)44(61-54(68)72-10)52(66)63-28-12-14-42(63)50-57-30-40(59-50)34-16-20-36(21-17-34)46-48(70-8)49(71-9)47(65(46)39-26-24-38(25-27-39)56(5,6)7)37-22-18-35(19-23-37)41-31-58-51(60-41)43-15-13-29-64(43)53(67)45(33(3)4)62-55(69)73-11/h16-27,30-33,42-49H,12-15,28-29H2,1-11H3,(H,57,59)(H,58,60)(H,61,68)(H,62,69)/t42-,43-,44-,45-,46-,47-,48+,49+/m0/s1. The molecule has 0 bridgehead atoms. The molecule has 17 nitrogen and oxygen atoms in total. The molecule has 4 amide bonds. The Morgan fingerprint density at radius 1 is 0.603 bits per heavy atom. The Kier molecular flexibility index (Phi) is 16.0. The first kappa shape index (κ1) is 52.6. The molecule has 390 valence electrons. The van der Waals surface area contributed by atoms with Gasteiger partial charge < -0.3 is 54.2 Å². The Morgan fingerprint density at radius 3 is 1.34 bits per heavy atom. The van der Waals surface area contributed by atoms with E-state index < -0.39 is 24.3 Å². The maximum atomic E-state index is 13.8. The van der Waals surface area contributed by atoms with Crippen molar-refractivity contribution in [3.05, 3.63) is 114 Å². The second kappa shape index (κ2) is 22.2. The Morgan fingerprint density at radius 2 is 1.00 bits per heavy atom. The highest BCUT2D eigenvalue weighted by molar-refractivity contribution is 5.87. The predicted octanol–water partition coefficient (Wildman–Crippen LogP) is 9.19. The lowest BCUT2D eigenvalue weighted by Gasteiger charge is -2.34. The van der Waals surface area contributed by atoms with Gasteiger partial charge >= 0.3 is 12.2 Å². The van der Waals surface area contributed by atoms with Crippen molar-refractivity contribution in [3.8, 4) is 22.5 Å². The van der Waals surface area contributed by atoms with Gasteiger partial charge in [0.1, 0.15) is 35.9 Å². The van der Waals surface area contributed by atoms with Crippen molar-refractivity contribution in [1.82, 2.24) is 40.4 Å². The van der Waals surface area contributed by atoms with Crippen molar-refractivity contribution in [2.45, 2.75) is 128 Å². The first-order chi connectivity index (χ1) is 35.0. The third-order valence-corrected chi connectivity index (χ3v) is 14.9. The molecular weight excluding hydrogens is 927 g/mol. The number of benzene rings is 3. The predicted molar refractivity (Wildman–Crippen MR) is 278 cm³/mol. The quantitative estimate of drug-likeness (QED) is 0.0781. The summed E-state index contributed by atoms with van der Waals surface area (Å²) in [5.41, 5.74) is 7.87. The molecule has 0 radical (unpaired) electrons. The van der Waals surface area contributed by atoms with Gasteiger partial charge in [0, 0.05) is 33.0 Å². The van der Waals surface area contributed by atoms with E-state index in [2.05, 4.69) is 119 Å². The summed E-state index contributed by atoms with van der Waals surface area (Å²) in [6, 6.07) is 23.3. The molecule has 73 heavy (non-hydrogen) atoms. The van der Waals surface area contributed by atoms with Gasteiger partial charge in [-0.25, -0.2) is 19.6 Å². The number of aromatic amines is 2. The Labute approximate surface area is 429 Å². The van der Waals surface area contributed by atoms with E-state index in [1.54, 1.807) is 14.2 Å².